The van der Waals surface area contributed by atoms with Crippen molar-refractivity contribution in [2.45, 2.75) is 0 Å². The molecule has 0 atom stereocenters. The molecule has 4 aromatic rings. The van der Waals surface area contributed by atoms with Crippen LogP contribution in [0.25, 0.3) is 22.2 Å². The molecule has 156 valence electrons. The number of aromatic nitrogens is 1. The van der Waals surface area contributed by atoms with Gasteiger partial charge in [-0.3, -0.25) is 0 Å². The molecule has 3 aromatic carbocycles. The Morgan fingerprint density at radius 3 is 2.35 bits per heavy atom. The van der Waals surface area contributed by atoms with Gasteiger partial charge in [0.15, 0.2) is 0 Å². The molecule has 0 spiro atoms. The molecule has 0 saturated carbocycles. The van der Waals surface area contributed by atoms with E-state index in [0.717, 1.165) is 5.56 Å². The topological polar surface area (TPSA) is 48.4 Å². The van der Waals surface area contributed by atoms with Crippen molar-refractivity contribution in [3.63, 3.8) is 0 Å². The summed E-state index contributed by atoms with van der Waals surface area (Å²) in [6, 6.07) is 21.4. The van der Waals surface area contributed by atoms with Crippen LogP contribution in [0.1, 0.15) is 10.4 Å². The lowest BCUT2D eigenvalue weighted by Gasteiger charge is -2.11. The number of hydrogen-bond donors (Lipinski definition) is 0. The molecule has 7 heteroatoms. The maximum absolute atomic E-state index is 12.8. The van der Waals surface area contributed by atoms with Crippen LogP contribution in [0, 0.1) is 0 Å². The van der Waals surface area contributed by atoms with Gasteiger partial charge >= 0.3 is 5.97 Å². The number of hydrogen-bond acceptors (Lipinski definition) is 4. The number of ether oxygens (including phenoxy) is 2. The molecule has 0 amide bonds. The molecule has 4 rings (SSSR count). The maximum Gasteiger partial charge on any atom is 0.339 e. The largest absolute Gasteiger partial charge is 0.488 e. The highest BCUT2D eigenvalue weighted by atomic mass is 35.5. The van der Waals surface area contributed by atoms with Gasteiger partial charge in [0, 0.05) is 21.0 Å². The Kier molecular flexibility index (Phi) is 6.62. The van der Waals surface area contributed by atoms with Gasteiger partial charge in [0.25, 0.3) is 0 Å². The van der Waals surface area contributed by atoms with E-state index >= 15 is 0 Å². The average Bonchev–Trinajstić information content (AvgIpc) is 2.77. The quantitative estimate of drug-likeness (QED) is 0.222. The van der Waals surface area contributed by atoms with Crippen molar-refractivity contribution in [2.24, 2.45) is 0 Å². The molecular formula is C24H16Cl3NO3. The highest BCUT2D eigenvalue weighted by Crippen LogP contribution is 2.28. The van der Waals surface area contributed by atoms with Crippen molar-refractivity contribution < 1.29 is 14.3 Å². The molecule has 0 bridgehead atoms. The molecule has 31 heavy (non-hydrogen) atoms. The Labute approximate surface area is 194 Å². The Morgan fingerprint density at radius 1 is 0.839 bits per heavy atom. The number of nitrogens with zero attached hydrogens (tertiary/aromatic N) is 1. The zero-order valence-corrected chi connectivity index (χ0v) is 18.4. The Bertz CT molecular complexity index is 1240. The van der Waals surface area contributed by atoms with Crippen LogP contribution in [0.3, 0.4) is 0 Å². The molecular weight excluding hydrogens is 457 g/mol. The summed E-state index contributed by atoms with van der Waals surface area (Å²) in [7, 11) is 0. The molecule has 0 radical (unpaired) electrons. The van der Waals surface area contributed by atoms with Gasteiger partial charge in [-0.1, -0.05) is 65.1 Å². The van der Waals surface area contributed by atoms with E-state index in [1.54, 1.807) is 36.4 Å². The van der Waals surface area contributed by atoms with E-state index in [9.17, 15) is 4.79 Å². The lowest BCUT2D eigenvalue weighted by atomic mass is 10.0. The second kappa shape index (κ2) is 9.56. The van der Waals surface area contributed by atoms with Gasteiger partial charge < -0.3 is 9.47 Å². The molecule has 0 aliphatic heterocycles. The first-order valence-electron chi connectivity index (χ1n) is 9.42. The highest BCUT2D eigenvalue weighted by Gasteiger charge is 2.15. The predicted octanol–water partition coefficient (Wildman–Crippen LogP) is 7.10. The van der Waals surface area contributed by atoms with Gasteiger partial charge in [-0.05, 0) is 42.5 Å². The lowest BCUT2D eigenvalue weighted by Crippen LogP contribution is -2.13. The Morgan fingerprint density at radius 2 is 1.58 bits per heavy atom. The monoisotopic (exact) mass is 471 g/mol. The van der Waals surface area contributed by atoms with Crippen molar-refractivity contribution >= 4 is 51.7 Å². The predicted molar refractivity (Wildman–Crippen MR) is 124 cm³/mol. The molecule has 0 N–H and O–H groups in total. The molecule has 1 aromatic heterocycles. The van der Waals surface area contributed by atoms with Gasteiger partial charge in [-0.2, -0.15) is 0 Å². The molecule has 0 aliphatic rings. The van der Waals surface area contributed by atoms with Crippen LogP contribution in [-0.4, -0.2) is 24.2 Å². The summed E-state index contributed by atoms with van der Waals surface area (Å²) in [5.41, 5.74) is 2.64. The number of benzene rings is 3. The Balaban J connectivity index is 1.52. The van der Waals surface area contributed by atoms with Crippen molar-refractivity contribution in [3.8, 4) is 17.0 Å². The summed E-state index contributed by atoms with van der Waals surface area (Å²) in [5.74, 6) is 0.0149. The number of halogens is 3. The fourth-order valence-corrected chi connectivity index (χ4v) is 3.66. The second-order valence-electron chi connectivity index (χ2n) is 6.64. The first-order chi connectivity index (χ1) is 15.0. The standard InChI is InChI=1S/C24H16Cl3NO3/c25-16-7-5-15(6-8-16)22-14-19(18-3-1-2-4-21(18)28-22)24(29)31-12-11-30-23-10-9-17(26)13-20(23)27/h1-10,13-14H,11-12H2. The van der Waals surface area contributed by atoms with Gasteiger partial charge in [0.05, 0.1) is 21.8 Å². The number of para-hydroxylation sites is 1. The second-order valence-corrected chi connectivity index (χ2v) is 7.92. The summed E-state index contributed by atoms with van der Waals surface area (Å²) < 4.78 is 11.0. The Hall–Kier alpha value is -2.79. The first-order valence-corrected chi connectivity index (χ1v) is 10.6. The highest BCUT2D eigenvalue weighted by molar-refractivity contribution is 6.35. The minimum atomic E-state index is -0.459. The number of carbonyl (C=O) groups excluding carboxylic acids is 1. The summed E-state index contributed by atoms with van der Waals surface area (Å²) in [6.45, 7) is 0.213. The molecule has 0 fully saturated rings. The number of pyridine rings is 1. The third-order valence-electron chi connectivity index (χ3n) is 4.54. The summed E-state index contributed by atoms with van der Waals surface area (Å²) in [4.78, 5) is 17.5. The molecule has 4 nitrogen and oxygen atoms in total. The van der Waals surface area contributed by atoms with Crippen LogP contribution in [0.15, 0.2) is 72.8 Å². The van der Waals surface area contributed by atoms with E-state index in [1.165, 1.54) is 0 Å². The van der Waals surface area contributed by atoms with Crippen molar-refractivity contribution in [1.29, 1.82) is 0 Å². The SMILES string of the molecule is O=C(OCCOc1ccc(Cl)cc1Cl)c1cc(-c2ccc(Cl)cc2)nc2ccccc12. The van der Waals surface area contributed by atoms with Crippen molar-refractivity contribution in [2.75, 3.05) is 13.2 Å². The van der Waals surface area contributed by atoms with E-state index in [4.69, 9.17) is 44.3 Å². The van der Waals surface area contributed by atoms with Crippen LogP contribution in [0.2, 0.25) is 15.1 Å². The van der Waals surface area contributed by atoms with Crippen molar-refractivity contribution in [1.82, 2.24) is 4.98 Å². The molecule has 0 aliphatic carbocycles. The van der Waals surface area contributed by atoms with Crippen LogP contribution >= 0.6 is 34.8 Å². The summed E-state index contributed by atoms with van der Waals surface area (Å²) in [6.07, 6.45) is 0. The van der Waals surface area contributed by atoms with Gasteiger partial charge in [0.2, 0.25) is 0 Å². The first kappa shape index (κ1) is 21.4. The number of esters is 1. The van der Waals surface area contributed by atoms with E-state index in [1.807, 2.05) is 36.4 Å². The minimum Gasteiger partial charge on any atom is -0.488 e. The zero-order valence-electron chi connectivity index (χ0n) is 16.1. The van der Waals surface area contributed by atoms with Crippen LogP contribution in [0.5, 0.6) is 5.75 Å². The summed E-state index contributed by atoms with van der Waals surface area (Å²) >= 11 is 18.0. The van der Waals surface area contributed by atoms with Crippen LogP contribution < -0.4 is 4.74 Å². The van der Waals surface area contributed by atoms with E-state index in [2.05, 4.69) is 4.98 Å². The van der Waals surface area contributed by atoms with Crippen molar-refractivity contribution in [3.05, 3.63) is 93.4 Å². The van der Waals surface area contributed by atoms with E-state index in [-0.39, 0.29) is 13.2 Å². The van der Waals surface area contributed by atoms with Gasteiger partial charge in [-0.25, -0.2) is 9.78 Å². The normalized spacial score (nSPS) is 10.8. The average molecular weight is 473 g/mol. The lowest BCUT2D eigenvalue weighted by molar-refractivity contribution is 0.0453. The number of carbonyl (C=O) groups is 1. The van der Waals surface area contributed by atoms with Crippen LogP contribution in [-0.2, 0) is 4.74 Å². The van der Waals surface area contributed by atoms with Gasteiger partial charge in [0.1, 0.15) is 19.0 Å². The zero-order chi connectivity index (χ0) is 21.8. The molecule has 0 unspecified atom stereocenters. The van der Waals surface area contributed by atoms with Crippen LogP contribution in [0.4, 0.5) is 0 Å². The molecule has 1 heterocycles. The fourth-order valence-electron chi connectivity index (χ4n) is 3.07. The smallest absolute Gasteiger partial charge is 0.339 e. The van der Waals surface area contributed by atoms with E-state index < -0.39 is 5.97 Å². The molecule has 0 saturated heterocycles. The summed E-state index contributed by atoms with van der Waals surface area (Å²) in [5, 5.41) is 2.26. The number of fused-ring (bicyclic) bond motifs is 1. The minimum absolute atomic E-state index is 0.0602. The fraction of sp³-hybridized carbons (Fsp3) is 0.0833. The van der Waals surface area contributed by atoms with Gasteiger partial charge in [-0.15, -0.1) is 0 Å². The third-order valence-corrected chi connectivity index (χ3v) is 5.33. The maximum atomic E-state index is 12.8. The third kappa shape index (κ3) is 5.10. The number of rotatable bonds is 6. The van der Waals surface area contributed by atoms with E-state index in [0.29, 0.717) is 43.0 Å².